The normalized spacial score (nSPS) is 9.48. The predicted molar refractivity (Wildman–Crippen MR) is 374 cm³/mol. The van der Waals surface area contributed by atoms with Crippen molar-refractivity contribution in [1.82, 2.24) is 0 Å². The van der Waals surface area contributed by atoms with Gasteiger partial charge in [-0.3, -0.25) is 40.4 Å². The lowest BCUT2D eigenvalue weighted by molar-refractivity contribution is -0.134. The molecule has 7 amide bonds. The maximum atomic E-state index is 13.7. The summed E-state index contributed by atoms with van der Waals surface area (Å²) in [5.41, 5.74) is 9.98. The van der Waals surface area contributed by atoms with Crippen molar-refractivity contribution in [3.05, 3.63) is 184 Å². The number of anilines is 11. The van der Waals surface area contributed by atoms with Crippen LogP contribution in [0.25, 0.3) is 0 Å². The fourth-order valence-corrected chi connectivity index (χ4v) is 6.08. The molecule has 47 heteroatoms. The summed E-state index contributed by atoms with van der Waals surface area (Å²) < 4.78 is 220. The van der Waals surface area contributed by atoms with Crippen molar-refractivity contribution in [1.29, 1.82) is 0 Å². The van der Waals surface area contributed by atoms with Gasteiger partial charge in [-0.1, -0.05) is 0 Å². The van der Waals surface area contributed by atoms with Gasteiger partial charge in [0.2, 0.25) is 26.8 Å². The van der Waals surface area contributed by atoms with Gasteiger partial charge in [-0.15, -0.1) is 0 Å². The second-order valence-corrected chi connectivity index (χ2v) is 22.4. The minimum absolute atomic E-state index is 0.0311. The highest BCUT2D eigenvalue weighted by Crippen LogP contribution is 2.29. The Bertz CT molecular complexity index is 4460. The Morgan fingerprint density at radius 2 is 0.664 bits per heavy atom. The molecule has 0 bridgehead atoms. The molecule has 0 aliphatic heterocycles. The minimum atomic E-state index is -3.19. The van der Waals surface area contributed by atoms with Gasteiger partial charge in [0.1, 0.15) is 80.7 Å². The third-order valence-corrected chi connectivity index (χ3v) is 10.8. The lowest BCUT2D eigenvalue weighted by Gasteiger charge is -2.10. The average molecular weight is 1650 g/mol. The standard InChI is InChI=1S/C10H10F2N2O3.C9H10F2N2O.C9H7F2NO4.C8H8F2N2O2.C8H8F2N2O.C8H7F2NO2.C6H5F2N.C2H3ClO2.C2H4O2.CH3ClO2S/c1-5(15)13-9-6(11)3-4-7(8(9)12)14-10(16)17-2;1-5(14)13-9-6(10)3-4-7(12-2)8(9)11;1-16-9(15)12-5-3-2-4(10)6(7(5)11)8(13)14;1-14-8(13)12-5-3-2-4(9)7(11)6(5)10;1-4(13)12-8-5(9)2-3-6(11)7(8)10;1-13-8(12)11-7-3-2-5(9)4-6(7)10;7-4-1-2-6(9)5(8)3-4;1-5-2(3)4;1-2(3)4;1-5(2,3)4/h3-4H,1-2H3,(H,13,15)(H,14,16);3-4,12H,1-2H3,(H,13,14);2-3H,1H3,(H,12,15)(H,13,14);2-3H,11H2,1H3,(H,12,13);2-3H,11H2,1H3,(H,12,13);2-4H,1H3,(H,11,12);1-3H,9H2;1H3;1H3,(H,3,4);1H3. The maximum Gasteiger partial charge on any atom is 0.411 e. The largest absolute Gasteiger partial charge is 0.481 e. The molecule has 7 aromatic rings. The Hall–Kier alpha value is -12.8. The van der Waals surface area contributed by atoms with E-state index in [2.05, 4.69) is 61.9 Å². The zero-order chi connectivity index (χ0) is 85.8. The van der Waals surface area contributed by atoms with E-state index in [-0.39, 0.29) is 34.1 Å². The fraction of sp³-hybridized carbons (Fsp3) is 0.175. The number of carboxylic acid groups (broad SMARTS) is 2. The molecule has 7 rings (SSSR count). The van der Waals surface area contributed by atoms with Crippen LogP contribution in [-0.4, -0.2) is 127 Å². The van der Waals surface area contributed by atoms with Crippen LogP contribution in [0.15, 0.2) is 97.1 Å². The number of hydrogen-bond donors (Lipinski definition) is 13. The third-order valence-electron chi connectivity index (χ3n) is 10.6. The number of aromatic carboxylic acids is 1. The fourth-order valence-electron chi connectivity index (χ4n) is 6.08. The molecule has 0 radical (unpaired) electrons. The summed E-state index contributed by atoms with van der Waals surface area (Å²) in [6, 6.07) is 15.9. The minimum Gasteiger partial charge on any atom is -0.481 e. The van der Waals surface area contributed by atoms with Crippen molar-refractivity contribution >= 4 is 153 Å². The molecule has 0 aromatic heterocycles. The Balaban J connectivity index is -0.00000118. The molecule has 0 fully saturated rings. The van der Waals surface area contributed by atoms with E-state index in [9.17, 15) is 113 Å². The van der Waals surface area contributed by atoms with Gasteiger partial charge in [-0.05, 0) is 84.9 Å². The van der Waals surface area contributed by atoms with E-state index in [0.717, 1.165) is 134 Å². The summed E-state index contributed by atoms with van der Waals surface area (Å²) in [7, 11) is 8.46. The van der Waals surface area contributed by atoms with Crippen molar-refractivity contribution in [2.75, 3.05) is 109 Å². The number of carbonyl (C=O) groups is 10. The first-order valence-electron chi connectivity index (χ1n) is 28.4. The van der Waals surface area contributed by atoms with Crippen LogP contribution in [0.4, 0.5) is 148 Å². The molecule has 0 saturated carbocycles. The van der Waals surface area contributed by atoms with E-state index in [1.54, 1.807) is 0 Å². The highest BCUT2D eigenvalue weighted by atomic mass is 35.7. The number of amides is 7. The van der Waals surface area contributed by atoms with Gasteiger partial charge in [0.25, 0.3) is 5.97 Å². The number of nitrogen functional groups attached to an aromatic ring is 3. The predicted octanol–water partition coefficient (Wildman–Crippen LogP) is 14.1. The van der Waals surface area contributed by atoms with E-state index in [1.807, 2.05) is 26.6 Å². The second kappa shape index (κ2) is 51.4. The molecule has 0 aliphatic carbocycles. The van der Waals surface area contributed by atoms with Crippen LogP contribution < -0.4 is 59.7 Å². The molecular weight excluding hydrogens is 1580 g/mol. The number of nitrogens with one attached hydrogen (secondary N) is 8. The van der Waals surface area contributed by atoms with Gasteiger partial charge >= 0.3 is 35.8 Å². The molecule has 604 valence electrons. The number of nitrogens with two attached hydrogens (primary N) is 3. The lowest BCUT2D eigenvalue weighted by atomic mass is 10.1. The SMILES string of the molecule is CC(=O)Nc1c(F)ccc(N)c1F.CC(=O)O.CNc1ccc(F)c(NC(C)=O)c1F.COC(=O)Cl.COC(=O)Nc1ccc(F)c(C(=O)O)c1F.COC(=O)Nc1ccc(F)c(N)c1F.COC(=O)Nc1ccc(F)c(NC(C)=O)c1F.COC(=O)Nc1ccc(F)cc1F.CS(=O)(=O)Cl.Nc1ccc(F)cc1F. The van der Waals surface area contributed by atoms with Gasteiger partial charge in [-0.2, -0.15) is 0 Å². The zero-order valence-electron chi connectivity index (χ0n) is 58.3. The van der Waals surface area contributed by atoms with Crippen molar-refractivity contribution in [2.45, 2.75) is 27.7 Å². The molecule has 0 saturated heterocycles. The first kappa shape index (κ1) is 101. The number of methoxy groups -OCH3 is 5. The van der Waals surface area contributed by atoms with Crippen LogP contribution in [-0.2, 0) is 51.9 Å². The van der Waals surface area contributed by atoms with Gasteiger partial charge in [0, 0.05) is 69.2 Å². The smallest absolute Gasteiger partial charge is 0.411 e. The third kappa shape index (κ3) is 41.8. The molecule has 0 spiro atoms. The number of benzene rings is 7. The molecule has 110 heavy (non-hydrogen) atoms. The van der Waals surface area contributed by atoms with Crippen LogP contribution in [0, 0.1) is 81.4 Å². The van der Waals surface area contributed by atoms with Crippen molar-refractivity contribution < 1.29 is 152 Å². The molecule has 0 atom stereocenters. The topological polar surface area (TPSA) is 466 Å². The Labute approximate surface area is 623 Å². The van der Waals surface area contributed by atoms with Crippen LogP contribution in [0.5, 0.6) is 0 Å². The van der Waals surface area contributed by atoms with Crippen LogP contribution in [0.2, 0.25) is 0 Å². The molecular formula is C63H65Cl2F14N11O19S. The summed E-state index contributed by atoms with van der Waals surface area (Å²) in [5.74, 6) is -17.0. The van der Waals surface area contributed by atoms with Gasteiger partial charge in [0.05, 0.1) is 81.6 Å². The number of hydrogen-bond acceptors (Lipinski definition) is 21. The van der Waals surface area contributed by atoms with E-state index in [0.29, 0.717) is 6.07 Å². The first-order valence-corrected chi connectivity index (χ1v) is 31.5. The number of carbonyl (C=O) groups excluding carboxylic acids is 8. The molecule has 0 heterocycles. The van der Waals surface area contributed by atoms with E-state index in [1.165, 1.54) is 33.2 Å². The number of aliphatic carboxylic acids is 1. The molecule has 7 aromatic carbocycles. The summed E-state index contributed by atoms with van der Waals surface area (Å²) >= 11 is 4.60. The average Bonchev–Trinajstić information content (AvgIpc) is 0.844. The van der Waals surface area contributed by atoms with Gasteiger partial charge in [0.15, 0.2) is 29.1 Å². The summed E-state index contributed by atoms with van der Waals surface area (Å²) in [6.45, 7) is 4.53. The van der Waals surface area contributed by atoms with Crippen molar-refractivity contribution in [3.8, 4) is 0 Å². The quantitative estimate of drug-likeness (QED) is 0.0276. The summed E-state index contributed by atoms with van der Waals surface area (Å²) in [6.07, 6.45) is -2.61. The van der Waals surface area contributed by atoms with E-state index in [4.69, 9.17) is 32.2 Å². The van der Waals surface area contributed by atoms with Gasteiger partial charge in [-0.25, -0.2) is 98.7 Å². The van der Waals surface area contributed by atoms with Crippen molar-refractivity contribution in [2.24, 2.45) is 0 Å². The zero-order valence-corrected chi connectivity index (χ0v) is 60.6. The number of carboxylic acids is 2. The van der Waals surface area contributed by atoms with E-state index < -0.39 is 184 Å². The monoisotopic (exact) mass is 1650 g/mol. The van der Waals surface area contributed by atoms with Crippen LogP contribution in [0.1, 0.15) is 38.1 Å². The number of halogens is 16. The highest BCUT2D eigenvalue weighted by Gasteiger charge is 2.22. The molecule has 16 N–H and O–H groups in total. The number of ether oxygens (including phenoxy) is 5. The van der Waals surface area contributed by atoms with Gasteiger partial charge < -0.3 is 72.4 Å². The summed E-state index contributed by atoms with van der Waals surface area (Å²) in [4.78, 5) is 104. The lowest BCUT2D eigenvalue weighted by Crippen LogP contribution is -2.15. The Morgan fingerprint density at radius 3 is 0.991 bits per heavy atom. The summed E-state index contributed by atoms with van der Waals surface area (Å²) in [5, 5.41) is 32.7. The Kier molecular flexibility index (Phi) is 47.4. The number of rotatable bonds is 9. The Morgan fingerprint density at radius 1 is 0.382 bits per heavy atom. The highest BCUT2D eigenvalue weighted by molar-refractivity contribution is 8.13. The van der Waals surface area contributed by atoms with Crippen LogP contribution in [0.3, 0.4) is 0 Å². The molecule has 0 unspecified atom stereocenters. The van der Waals surface area contributed by atoms with Crippen molar-refractivity contribution in [3.63, 3.8) is 0 Å². The maximum absolute atomic E-state index is 13.7. The second-order valence-electron chi connectivity index (χ2n) is 19.0. The van der Waals surface area contributed by atoms with Crippen LogP contribution >= 0.6 is 22.3 Å². The first-order chi connectivity index (χ1) is 50.9. The molecule has 0 aliphatic rings. The van der Waals surface area contributed by atoms with E-state index >= 15 is 0 Å². The molecule has 30 nitrogen and oxygen atoms in total.